The topological polar surface area (TPSA) is 174 Å². The summed E-state index contributed by atoms with van der Waals surface area (Å²) in [6, 6.07) is 6.33. The molecule has 3 atom stereocenters. The van der Waals surface area contributed by atoms with Crippen LogP contribution in [0.2, 0.25) is 0 Å². The van der Waals surface area contributed by atoms with E-state index in [-0.39, 0.29) is 6.61 Å². The number of ether oxygens (including phenoxy) is 1. The summed E-state index contributed by atoms with van der Waals surface area (Å²) in [6.07, 6.45) is -0.855. The predicted molar refractivity (Wildman–Crippen MR) is 97.9 cm³/mol. The Kier molecular flexibility index (Phi) is 9.07. The Balaban J connectivity index is 2.50. The molecule has 0 unspecified atom stereocenters. The molecular weight excluding hydrogens is 393 g/mol. The summed E-state index contributed by atoms with van der Waals surface area (Å²) < 4.78 is 16.0. The largest absolute Gasteiger partial charge is 0.445 e. The monoisotopic (exact) mass is 417 g/mol. The Morgan fingerprint density at radius 1 is 1.04 bits per heavy atom. The molecular formula is C16H24N3O8P. The fourth-order valence-corrected chi connectivity index (χ4v) is 2.18. The Morgan fingerprint density at radius 3 is 2.18 bits per heavy atom. The summed E-state index contributed by atoms with van der Waals surface area (Å²) in [5, 5.41) is 15.7. The third-order valence-electron chi connectivity index (χ3n) is 3.61. The van der Waals surface area contributed by atoms with Crippen molar-refractivity contribution >= 4 is 25.5 Å². The molecule has 0 saturated heterocycles. The number of carbonyl (C=O) groups excluding carboxylic acids is 3. The van der Waals surface area contributed by atoms with Crippen molar-refractivity contribution in [2.45, 2.75) is 38.3 Å². The van der Waals surface area contributed by atoms with Crippen molar-refractivity contribution in [2.24, 2.45) is 0 Å². The zero-order valence-corrected chi connectivity index (χ0v) is 16.3. The minimum absolute atomic E-state index is 0.00292. The second kappa shape index (κ2) is 10.8. The third kappa shape index (κ3) is 8.05. The number of alkyl carbamates (subject to hydrolysis) is 1. The number of rotatable bonds is 9. The SMILES string of the molecule is C[C@H](NC(=O)OCc1ccccc1)C(=O)N[C@@H](CO)C(=O)N[C@@H](C)P(=O)(O)O. The molecule has 0 aliphatic heterocycles. The lowest BCUT2D eigenvalue weighted by molar-refractivity contribution is -0.130. The zero-order valence-electron chi connectivity index (χ0n) is 15.4. The predicted octanol–water partition coefficient (Wildman–Crippen LogP) is -0.582. The van der Waals surface area contributed by atoms with Gasteiger partial charge in [-0.05, 0) is 19.4 Å². The summed E-state index contributed by atoms with van der Waals surface area (Å²) in [7, 11) is -4.57. The molecule has 12 heteroatoms. The average molecular weight is 417 g/mol. The van der Waals surface area contributed by atoms with Gasteiger partial charge in [0.05, 0.1) is 6.61 Å². The van der Waals surface area contributed by atoms with Gasteiger partial charge in [-0.15, -0.1) is 0 Å². The van der Waals surface area contributed by atoms with E-state index in [1.165, 1.54) is 6.92 Å². The van der Waals surface area contributed by atoms with Crippen molar-refractivity contribution in [3.8, 4) is 0 Å². The molecule has 1 aromatic carbocycles. The van der Waals surface area contributed by atoms with Gasteiger partial charge in [0.15, 0.2) is 0 Å². The molecule has 0 saturated carbocycles. The van der Waals surface area contributed by atoms with Crippen molar-refractivity contribution in [2.75, 3.05) is 6.61 Å². The van der Waals surface area contributed by atoms with E-state index >= 15 is 0 Å². The van der Waals surface area contributed by atoms with Crippen LogP contribution in [0.4, 0.5) is 4.79 Å². The Bertz CT molecular complexity index is 724. The van der Waals surface area contributed by atoms with Gasteiger partial charge in [-0.3, -0.25) is 14.2 Å². The molecule has 1 rings (SSSR count). The molecule has 0 fully saturated rings. The molecule has 0 aliphatic rings. The third-order valence-corrected chi connectivity index (χ3v) is 4.75. The van der Waals surface area contributed by atoms with Crippen LogP contribution in [-0.2, 0) is 25.5 Å². The number of aliphatic hydroxyl groups is 1. The first-order valence-corrected chi connectivity index (χ1v) is 9.96. The van der Waals surface area contributed by atoms with E-state index in [1.807, 2.05) is 11.4 Å². The molecule has 0 radical (unpaired) electrons. The number of hydrogen-bond donors (Lipinski definition) is 6. The zero-order chi connectivity index (χ0) is 21.3. The summed E-state index contributed by atoms with van der Waals surface area (Å²) >= 11 is 0. The van der Waals surface area contributed by atoms with E-state index in [2.05, 4.69) is 10.6 Å². The molecule has 0 aliphatic carbocycles. The number of aliphatic hydroxyl groups excluding tert-OH is 1. The van der Waals surface area contributed by atoms with Gasteiger partial charge in [0.25, 0.3) is 0 Å². The smallest absolute Gasteiger partial charge is 0.408 e. The molecule has 3 amide bonds. The second-order valence-electron chi connectivity index (χ2n) is 5.95. The lowest BCUT2D eigenvalue weighted by Gasteiger charge is -2.22. The number of hydrogen-bond acceptors (Lipinski definition) is 6. The maximum absolute atomic E-state index is 12.1. The molecule has 6 N–H and O–H groups in total. The Labute approximate surface area is 161 Å². The molecule has 28 heavy (non-hydrogen) atoms. The minimum atomic E-state index is -4.57. The van der Waals surface area contributed by atoms with Crippen LogP contribution >= 0.6 is 7.60 Å². The highest BCUT2D eigenvalue weighted by atomic mass is 31.2. The Hall–Kier alpha value is -2.46. The van der Waals surface area contributed by atoms with Gasteiger partial charge in [-0.25, -0.2) is 4.79 Å². The van der Waals surface area contributed by atoms with Gasteiger partial charge in [0, 0.05) is 0 Å². The summed E-state index contributed by atoms with van der Waals surface area (Å²) in [6.45, 7) is 1.62. The molecule has 0 aromatic heterocycles. The van der Waals surface area contributed by atoms with Gasteiger partial charge in [-0.1, -0.05) is 30.3 Å². The van der Waals surface area contributed by atoms with E-state index in [0.717, 1.165) is 12.5 Å². The van der Waals surface area contributed by atoms with Crippen molar-refractivity contribution in [1.29, 1.82) is 0 Å². The van der Waals surface area contributed by atoms with Crippen molar-refractivity contribution in [1.82, 2.24) is 16.0 Å². The highest BCUT2D eigenvalue weighted by Gasteiger charge is 2.30. The quantitative estimate of drug-likeness (QED) is 0.289. The van der Waals surface area contributed by atoms with Crippen molar-refractivity contribution in [3.05, 3.63) is 35.9 Å². The van der Waals surface area contributed by atoms with Crippen LogP contribution in [-0.4, -0.2) is 57.3 Å². The summed E-state index contributed by atoms with van der Waals surface area (Å²) in [4.78, 5) is 53.7. The summed E-state index contributed by atoms with van der Waals surface area (Å²) in [5.74, 6) is -3.27. The van der Waals surface area contributed by atoms with Gasteiger partial charge in [-0.2, -0.15) is 0 Å². The fourth-order valence-electron chi connectivity index (χ4n) is 1.89. The number of carbonyl (C=O) groups is 3. The van der Waals surface area contributed by atoms with E-state index < -0.39 is 50.0 Å². The van der Waals surface area contributed by atoms with Crippen molar-refractivity contribution < 1.29 is 38.6 Å². The first kappa shape index (κ1) is 23.6. The van der Waals surface area contributed by atoms with E-state index in [4.69, 9.17) is 14.5 Å². The maximum atomic E-state index is 12.1. The van der Waals surface area contributed by atoms with Crippen molar-refractivity contribution in [3.63, 3.8) is 0 Å². The van der Waals surface area contributed by atoms with Crippen LogP contribution in [0.1, 0.15) is 19.4 Å². The van der Waals surface area contributed by atoms with Crippen LogP contribution in [0, 0.1) is 0 Å². The van der Waals surface area contributed by atoms with E-state index in [9.17, 15) is 24.1 Å². The minimum Gasteiger partial charge on any atom is -0.445 e. The average Bonchev–Trinajstić information content (AvgIpc) is 2.64. The normalized spacial score (nSPS) is 14.3. The fraction of sp³-hybridized carbons (Fsp3) is 0.438. The number of amides is 3. The molecule has 156 valence electrons. The molecule has 0 bridgehead atoms. The summed E-state index contributed by atoms with van der Waals surface area (Å²) in [5.41, 5.74) is 0.756. The number of benzene rings is 1. The lowest BCUT2D eigenvalue weighted by atomic mass is 10.2. The lowest BCUT2D eigenvalue weighted by Crippen LogP contribution is -2.55. The second-order valence-corrected chi connectivity index (χ2v) is 7.90. The van der Waals surface area contributed by atoms with Gasteiger partial charge >= 0.3 is 13.7 Å². The van der Waals surface area contributed by atoms with Crippen LogP contribution in [0.5, 0.6) is 0 Å². The number of nitrogens with one attached hydrogen (secondary N) is 3. The van der Waals surface area contributed by atoms with Crippen LogP contribution in [0.3, 0.4) is 0 Å². The van der Waals surface area contributed by atoms with E-state index in [1.54, 1.807) is 24.3 Å². The van der Waals surface area contributed by atoms with Gasteiger partial charge in [0.1, 0.15) is 24.5 Å². The molecule has 11 nitrogen and oxygen atoms in total. The molecule has 1 aromatic rings. The van der Waals surface area contributed by atoms with Crippen LogP contribution in [0.15, 0.2) is 30.3 Å². The highest BCUT2D eigenvalue weighted by Crippen LogP contribution is 2.39. The Morgan fingerprint density at radius 2 is 1.64 bits per heavy atom. The van der Waals surface area contributed by atoms with Crippen LogP contribution in [0.25, 0.3) is 0 Å². The highest BCUT2D eigenvalue weighted by molar-refractivity contribution is 7.52. The first-order chi connectivity index (χ1) is 13.0. The molecule has 0 heterocycles. The first-order valence-electron chi connectivity index (χ1n) is 8.28. The van der Waals surface area contributed by atoms with Crippen LogP contribution < -0.4 is 16.0 Å². The van der Waals surface area contributed by atoms with Gasteiger partial charge in [0.2, 0.25) is 11.8 Å². The van der Waals surface area contributed by atoms with E-state index in [0.29, 0.717) is 0 Å². The van der Waals surface area contributed by atoms with Gasteiger partial charge < -0.3 is 35.6 Å². The maximum Gasteiger partial charge on any atom is 0.408 e. The molecule has 0 spiro atoms. The standard InChI is InChI=1S/C16H24N3O8P/c1-10(17-16(23)27-9-12-6-4-3-5-7-12)14(21)19-13(8-20)15(22)18-11(2)28(24,25)26/h3-7,10-11,13,20H,8-9H2,1-2H3,(H,17,23)(H,18,22)(H,19,21)(H2,24,25,26)/t10-,11+,13-/m0/s1.